The molecule has 0 saturated heterocycles. The monoisotopic (exact) mass is 403 g/mol. The summed E-state index contributed by atoms with van der Waals surface area (Å²) in [6, 6.07) is 16.4. The van der Waals surface area contributed by atoms with Crippen LogP contribution in [0.25, 0.3) is 22.4 Å². The van der Waals surface area contributed by atoms with Crippen LogP contribution in [-0.4, -0.2) is 28.0 Å². The summed E-state index contributed by atoms with van der Waals surface area (Å²) in [6.45, 7) is 2.01. The number of nitro benzene ring substituents is 1. The van der Waals surface area contributed by atoms with Crippen molar-refractivity contribution in [3.05, 3.63) is 81.9 Å². The van der Waals surface area contributed by atoms with Gasteiger partial charge in [0, 0.05) is 17.7 Å². The van der Waals surface area contributed by atoms with Gasteiger partial charge in [-0.15, -0.1) is 0 Å². The van der Waals surface area contributed by atoms with Crippen LogP contribution >= 0.6 is 0 Å². The van der Waals surface area contributed by atoms with Crippen LogP contribution in [0.1, 0.15) is 15.9 Å². The molecule has 8 heteroatoms. The van der Waals surface area contributed by atoms with Gasteiger partial charge >= 0.3 is 5.97 Å². The van der Waals surface area contributed by atoms with Gasteiger partial charge in [-0.2, -0.15) is 0 Å². The lowest BCUT2D eigenvalue weighted by Crippen LogP contribution is -2.09. The smallest absolute Gasteiger partial charge is 0.343 e. The SMILES string of the molecule is COc1cc(-c2nc3ccc(C)cc3[nH]2)ccc1OC(=O)c1cccc([N+](=O)[O-])c1. The van der Waals surface area contributed by atoms with E-state index < -0.39 is 10.9 Å². The lowest BCUT2D eigenvalue weighted by atomic mass is 10.2. The zero-order valence-electron chi connectivity index (χ0n) is 16.2. The Morgan fingerprint density at radius 1 is 1.07 bits per heavy atom. The van der Waals surface area contributed by atoms with E-state index in [9.17, 15) is 14.9 Å². The number of benzene rings is 3. The molecular weight excluding hydrogens is 386 g/mol. The molecule has 3 aromatic carbocycles. The molecule has 4 aromatic rings. The molecule has 1 aromatic heterocycles. The van der Waals surface area contributed by atoms with Crippen LogP contribution in [0.5, 0.6) is 11.5 Å². The number of esters is 1. The average molecular weight is 403 g/mol. The number of nitrogens with one attached hydrogen (secondary N) is 1. The molecule has 0 fully saturated rings. The van der Waals surface area contributed by atoms with Gasteiger partial charge in [0.2, 0.25) is 0 Å². The van der Waals surface area contributed by atoms with E-state index in [2.05, 4.69) is 9.97 Å². The summed E-state index contributed by atoms with van der Waals surface area (Å²) in [5.74, 6) is 0.474. The maximum absolute atomic E-state index is 12.4. The highest BCUT2D eigenvalue weighted by Crippen LogP contribution is 2.33. The molecule has 0 radical (unpaired) electrons. The van der Waals surface area contributed by atoms with Gasteiger partial charge in [-0.25, -0.2) is 9.78 Å². The number of carbonyl (C=O) groups excluding carboxylic acids is 1. The molecule has 1 N–H and O–H groups in total. The maximum Gasteiger partial charge on any atom is 0.343 e. The van der Waals surface area contributed by atoms with E-state index in [0.717, 1.165) is 22.2 Å². The Hall–Kier alpha value is -4.20. The minimum atomic E-state index is -0.719. The van der Waals surface area contributed by atoms with Gasteiger partial charge < -0.3 is 14.5 Å². The Morgan fingerprint density at radius 2 is 1.90 bits per heavy atom. The molecule has 0 atom stereocenters. The van der Waals surface area contributed by atoms with E-state index in [1.165, 1.54) is 31.4 Å². The van der Waals surface area contributed by atoms with Crippen molar-refractivity contribution in [2.75, 3.05) is 7.11 Å². The number of hydrogen-bond acceptors (Lipinski definition) is 6. The van der Waals surface area contributed by atoms with Crippen molar-refractivity contribution in [3.8, 4) is 22.9 Å². The van der Waals surface area contributed by atoms with Crippen molar-refractivity contribution in [1.29, 1.82) is 0 Å². The molecule has 0 aliphatic carbocycles. The van der Waals surface area contributed by atoms with Gasteiger partial charge in [0.25, 0.3) is 5.69 Å². The first-order chi connectivity index (χ1) is 14.4. The number of carbonyl (C=O) groups is 1. The summed E-state index contributed by atoms with van der Waals surface area (Å²) in [4.78, 5) is 30.6. The molecule has 150 valence electrons. The molecule has 0 bridgehead atoms. The molecule has 0 unspecified atom stereocenters. The van der Waals surface area contributed by atoms with Crippen LogP contribution in [0.2, 0.25) is 0 Å². The number of imidazole rings is 1. The summed E-state index contributed by atoms with van der Waals surface area (Å²) < 4.78 is 10.8. The number of nitro groups is 1. The summed E-state index contributed by atoms with van der Waals surface area (Å²) in [5, 5.41) is 10.9. The van der Waals surface area contributed by atoms with Gasteiger partial charge in [0.15, 0.2) is 11.5 Å². The normalized spacial score (nSPS) is 10.7. The zero-order valence-corrected chi connectivity index (χ0v) is 16.2. The molecule has 8 nitrogen and oxygen atoms in total. The van der Waals surface area contributed by atoms with Crippen LogP contribution in [0.4, 0.5) is 5.69 Å². The highest BCUT2D eigenvalue weighted by atomic mass is 16.6. The van der Waals surface area contributed by atoms with Crippen molar-refractivity contribution >= 4 is 22.7 Å². The van der Waals surface area contributed by atoms with E-state index in [1.807, 2.05) is 25.1 Å². The summed E-state index contributed by atoms with van der Waals surface area (Å²) in [5.41, 5.74) is 3.53. The van der Waals surface area contributed by atoms with E-state index >= 15 is 0 Å². The van der Waals surface area contributed by atoms with Gasteiger partial charge in [0.1, 0.15) is 5.82 Å². The predicted molar refractivity (Wildman–Crippen MR) is 111 cm³/mol. The molecule has 4 rings (SSSR count). The molecule has 0 spiro atoms. The standard InChI is InChI=1S/C22H17N3O5/c1-13-6-8-17-18(10-13)24-21(23-17)14-7-9-19(20(12-14)29-2)30-22(26)15-4-3-5-16(11-15)25(27)28/h3-12H,1-2H3,(H,23,24). The van der Waals surface area contributed by atoms with Crippen molar-refractivity contribution in [2.24, 2.45) is 0 Å². The fraction of sp³-hybridized carbons (Fsp3) is 0.0909. The second kappa shape index (κ2) is 7.67. The summed E-state index contributed by atoms with van der Waals surface area (Å²) >= 11 is 0. The lowest BCUT2D eigenvalue weighted by Gasteiger charge is -2.10. The number of aryl methyl sites for hydroxylation is 1. The van der Waals surface area contributed by atoms with Crippen molar-refractivity contribution < 1.29 is 19.2 Å². The van der Waals surface area contributed by atoms with Crippen LogP contribution in [0.3, 0.4) is 0 Å². The van der Waals surface area contributed by atoms with E-state index in [1.54, 1.807) is 18.2 Å². The van der Waals surface area contributed by atoms with Crippen LogP contribution < -0.4 is 9.47 Å². The highest BCUT2D eigenvalue weighted by Gasteiger charge is 2.17. The molecule has 0 saturated carbocycles. The van der Waals surface area contributed by atoms with Gasteiger partial charge in [-0.1, -0.05) is 12.1 Å². The molecule has 30 heavy (non-hydrogen) atoms. The van der Waals surface area contributed by atoms with Crippen LogP contribution in [0, 0.1) is 17.0 Å². The Labute approximate surface area is 171 Å². The Kier molecular flexibility index (Phi) is 4.89. The molecule has 0 aliphatic heterocycles. The van der Waals surface area contributed by atoms with Crippen LogP contribution in [-0.2, 0) is 0 Å². The van der Waals surface area contributed by atoms with Gasteiger partial charge in [0.05, 0.1) is 28.6 Å². The first-order valence-electron chi connectivity index (χ1n) is 9.06. The largest absolute Gasteiger partial charge is 0.493 e. The number of nitrogens with zero attached hydrogens (tertiary/aromatic N) is 2. The minimum absolute atomic E-state index is 0.0722. The molecule has 0 amide bonds. The van der Waals surface area contributed by atoms with Gasteiger partial charge in [-0.05, 0) is 48.9 Å². The highest BCUT2D eigenvalue weighted by molar-refractivity contribution is 5.92. The van der Waals surface area contributed by atoms with E-state index in [0.29, 0.717) is 11.6 Å². The number of H-pyrrole nitrogens is 1. The average Bonchev–Trinajstić information content (AvgIpc) is 3.17. The van der Waals surface area contributed by atoms with Gasteiger partial charge in [-0.3, -0.25) is 10.1 Å². The summed E-state index contributed by atoms with van der Waals surface area (Å²) in [7, 11) is 1.46. The maximum atomic E-state index is 12.4. The predicted octanol–water partition coefficient (Wildman–Crippen LogP) is 4.67. The minimum Gasteiger partial charge on any atom is -0.493 e. The van der Waals surface area contributed by atoms with Crippen molar-refractivity contribution in [1.82, 2.24) is 9.97 Å². The van der Waals surface area contributed by atoms with E-state index in [4.69, 9.17) is 9.47 Å². The fourth-order valence-corrected chi connectivity index (χ4v) is 3.06. The Morgan fingerprint density at radius 3 is 2.67 bits per heavy atom. The quantitative estimate of drug-likeness (QED) is 0.224. The number of aromatic nitrogens is 2. The number of aromatic amines is 1. The number of non-ortho nitro benzene ring substituents is 1. The second-order valence-electron chi connectivity index (χ2n) is 6.67. The third-order valence-corrected chi connectivity index (χ3v) is 4.57. The third kappa shape index (κ3) is 3.70. The first-order valence-corrected chi connectivity index (χ1v) is 9.06. The Balaban J connectivity index is 1.62. The van der Waals surface area contributed by atoms with Crippen molar-refractivity contribution in [3.63, 3.8) is 0 Å². The number of ether oxygens (including phenoxy) is 2. The number of fused-ring (bicyclic) bond motifs is 1. The number of hydrogen-bond donors (Lipinski definition) is 1. The summed E-state index contributed by atoms with van der Waals surface area (Å²) in [6.07, 6.45) is 0. The first kappa shape index (κ1) is 19.1. The lowest BCUT2D eigenvalue weighted by molar-refractivity contribution is -0.384. The zero-order chi connectivity index (χ0) is 21.3. The third-order valence-electron chi connectivity index (χ3n) is 4.57. The number of rotatable bonds is 5. The van der Waals surface area contributed by atoms with E-state index in [-0.39, 0.29) is 17.0 Å². The van der Waals surface area contributed by atoms with Crippen LogP contribution in [0.15, 0.2) is 60.7 Å². The fourth-order valence-electron chi connectivity index (χ4n) is 3.06. The topological polar surface area (TPSA) is 107 Å². The Bertz CT molecular complexity index is 1280. The molecule has 0 aliphatic rings. The van der Waals surface area contributed by atoms with Crippen molar-refractivity contribution in [2.45, 2.75) is 6.92 Å². The second-order valence-corrected chi connectivity index (χ2v) is 6.67. The molecule has 1 heterocycles. The number of methoxy groups -OCH3 is 1. The molecular formula is C22H17N3O5.